The Hall–Kier alpha value is 1.60. The maximum atomic E-state index is 3.81. The molecule has 1 unspecified atom stereocenters. The van der Waals surface area contributed by atoms with Gasteiger partial charge in [-0.05, 0) is 20.6 Å². The Morgan fingerprint density at radius 3 is 1.73 bits per heavy atom. The van der Waals surface area contributed by atoms with Crippen molar-refractivity contribution >= 4 is 0 Å². The predicted octanol–water partition coefficient (Wildman–Crippen LogP) is -0.562. The monoisotopic (exact) mass is 183 g/mol. The molecular weight excluding hydrogens is 161 g/mol. The van der Waals surface area contributed by atoms with Crippen LogP contribution in [0.2, 0.25) is 0 Å². The zero-order chi connectivity index (χ0) is 8.57. The molecule has 0 aromatic rings. The smallest absolute Gasteiger partial charge is 0.343 e. The van der Waals surface area contributed by atoms with Crippen molar-refractivity contribution in [3.05, 3.63) is 6.92 Å². The van der Waals surface area contributed by atoms with E-state index < -0.39 is 0 Å². The second-order valence-corrected chi connectivity index (χ2v) is 2.66. The van der Waals surface area contributed by atoms with Crippen LogP contribution in [-0.4, -0.2) is 25.5 Å². The molecule has 0 aromatic carbocycles. The summed E-state index contributed by atoms with van der Waals surface area (Å²) in [6.07, 6.45) is 1.04. The van der Waals surface area contributed by atoms with Crippen molar-refractivity contribution in [1.29, 1.82) is 0 Å². The van der Waals surface area contributed by atoms with Crippen LogP contribution in [0.4, 0.5) is 0 Å². The summed E-state index contributed by atoms with van der Waals surface area (Å²) in [4.78, 5) is 2.19. The molecule has 0 aromatic heterocycles. The molecule has 1 atom stereocenters. The molecule has 0 bridgehead atoms. The second-order valence-electron chi connectivity index (χ2n) is 2.66. The summed E-state index contributed by atoms with van der Waals surface area (Å²) >= 11 is 0. The number of hydrogen-bond acceptors (Lipinski definition) is 1. The first-order valence-electron chi connectivity index (χ1n) is 4.10. The molecule has 0 aliphatic carbocycles. The first kappa shape index (κ1) is 18.4. The molecule has 0 amide bonds. The van der Waals surface area contributed by atoms with Crippen molar-refractivity contribution < 1.29 is 51.4 Å². The van der Waals surface area contributed by atoms with Gasteiger partial charge < -0.3 is 11.8 Å². The summed E-state index contributed by atoms with van der Waals surface area (Å²) in [5.41, 5.74) is 0. The molecule has 64 valence electrons. The molecule has 0 spiro atoms. The fourth-order valence-corrected chi connectivity index (χ4v) is 0.715. The standard InChI is InChI=1S/C7H16N.C2H6.K/c1-5-7(2)6-8(3)4;1-2;/h7H,1,5-6H2,2-4H3;1-2H3;/q-1;;+1. The third-order valence-corrected chi connectivity index (χ3v) is 1.17. The molecule has 0 saturated carbocycles. The molecule has 0 saturated heterocycles. The summed E-state index contributed by atoms with van der Waals surface area (Å²) in [7, 11) is 4.18. The van der Waals surface area contributed by atoms with Crippen molar-refractivity contribution in [3.63, 3.8) is 0 Å². The molecule has 0 rings (SSSR count). The molecule has 2 heteroatoms. The van der Waals surface area contributed by atoms with E-state index in [2.05, 4.69) is 32.8 Å². The fraction of sp³-hybridized carbons (Fsp3) is 0.889. The van der Waals surface area contributed by atoms with Gasteiger partial charge >= 0.3 is 51.4 Å². The van der Waals surface area contributed by atoms with E-state index in [-0.39, 0.29) is 51.4 Å². The van der Waals surface area contributed by atoms with Crippen LogP contribution in [0, 0.1) is 12.8 Å². The first-order chi connectivity index (χ1) is 4.66. The van der Waals surface area contributed by atoms with E-state index in [0.29, 0.717) is 0 Å². The molecule has 0 heterocycles. The van der Waals surface area contributed by atoms with Crippen LogP contribution in [0.1, 0.15) is 27.2 Å². The molecule has 0 aliphatic rings. The first-order valence-corrected chi connectivity index (χ1v) is 4.10. The van der Waals surface area contributed by atoms with Crippen LogP contribution in [0.3, 0.4) is 0 Å². The largest absolute Gasteiger partial charge is 1.00 e. The third kappa shape index (κ3) is 18.5. The Morgan fingerprint density at radius 1 is 1.27 bits per heavy atom. The maximum Gasteiger partial charge on any atom is 1.00 e. The van der Waals surface area contributed by atoms with Gasteiger partial charge in [0.15, 0.2) is 0 Å². The molecule has 1 nitrogen and oxygen atoms in total. The van der Waals surface area contributed by atoms with Gasteiger partial charge in [0.25, 0.3) is 0 Å². The van der Waals surface area contributed by atoms with Gasteiger partial charge in [-0.3, -0.25) is 0 Å². The number of rotatable bonds is 3. The fourth-order valence-electron chi connectivity index (χ4n) is 0.715. The average molecular weight is 183 g/mol. The third-order valence-electron chi connectivity index (χ3n) is 1.17. The minimum Gasteiger partial charge on any atom is -0.343 e. The Bertz CT molecular complexity index is 55.5. The second kappa shape index (κ2) is 14.1. The Kier molecular flexibility index (Phi) is 23.6. The quantitative estimate of drug-likeness (QED) is 0.419. The zero-order valence-electron chi connectivity index (χ0n) is 9.15. The molecular formula is C9H22KN. The minimum atomic E-state index is 0. The SMILES string of the molecule is CC.[CH2-]CC(C)CN(C)C.[K+]. The molecule has 0 aliphatic heterocycles. The van der Waals surface area contributed by atoms with Crippen molar-refractivity contribution in [2.24, 2.45) is 5.92 Å². The predicted molar refractivity (Wildman–Crippen MR) is 49.0 cm³/mol. The van der Waals surface area contributed by atoms with Gasteiger partial charge in [-0.1, -0.05) is 26.7 Å². The molecule has 0 radical (unpaired) electrons. The van der Waals surface area contributed by atoms with E-state index in [1.54, 1.807) is 0 Å². The van der Waals surface area contributed by atoms with E-state index >= 15 is 0 Å². The van der Waals surface area contributed by atoms with E-state index in [4.69, 9.17) is 0 Å². The molecule has 0 N–H and O–H groups in total. The van der Waals surface area contributed by atoms with Crippen molar-refractivity contribution in [3.8, 4) is 0 Å². The van der Waals surface area contributed by atoms with E-state index in [1.807, 2.05) is 13.8 Å². The minimum absolute atomic E-state index is 0. The summed E-state index contributed by atoms with van der Waals surface area (Å²) in [6, 6.07) is 0. The Balaban J connectivity index is -0.000000196. The Labute approximate surface area is 115 Å². The van der Waals surface area contributed by atoms with Crippen LogP contribution in [-0.2, 0) is 0 Å². The van der Waals surface area contributed by atoms with Gasteiger partial charge in [0.2, 0.25) is 0 Å². The van der Waals surface area contributed by atoms with Gasteiger partial charge in [0.05, 0.1) is 0 Å². The van der Waals surface area contributed by atoms with Gasteiger partial charge in [-0.2, -0.15) is 6.42 Å². The molecule has 0 fully saturated rings. The van der Waals surface area contributed by atoms with Crippen molar-refractivity contribution in [1.82, 2.24) is 4.90 Å². The van der Waals surface area contributed by atoms with Gasteiger partial charge in [0.1, 0.15) is 0 Å². The van der Waals surface area contributed by atoms with Crippen LogP contribution < -0.4 is 51.4 Å². The van der Waals surface area contributed by atoms with Crippen molar-refractivity contribution in [2.45, 2.75) is 27.2 Å². The maximum absolute atomic E-state index is 3.81. The van der Waals surface area contributed by atoms with Crippen LogP contribution in [0.15, 0.2) is 0 Å². The normalized spacial score (nSPS) is 11.2. The summed E-state index contributed by atoms with van der Waals surface area (Å²) in [6.45, 7) is 11.2. The Morgan fingerprint density at radius 2 is 1.64 bits per heavy atom. The number of nitrogens with zero attached hydrogens (tertiary/aromatic N) is 1. The van der Waals surface area contributed by atoms with Gasteiger partial charge in [-0.25, -0.2) is 0 Å². The van der Waals surface area contributed by atoms with E-state index in [0.717, 1.165) is 18.9 Å². The van der Waals surface area contributed by atoms with Gasteiger partial charge in [-0.15, -0.1) is 0 Å². The average Bonchev–Trinajstić information content (AvgIpc) is 1.91. The number of hydrogen-bond donors (Lipinski definition) is 0. The summed E-state index contributed by atoms with van der Waals surface area (Å²) in [5, 5.41) is 0. The van der Waals surface area contributed by atoms with E-state index in [1.165, 1.54) is 0 Å². The topological polar surface area (TPSA) is 3.24 Å². The van der Waals surface area contributed by atoms with E-state index in [9.17, 15) is 0 Å². The van der Waals surface area contributed by atoms with Gasteiger partial charge in [0, 0.05) is 0 Å². The van der Waals surface area contributed by atoms with Crippen LogP contribution in [0.5, 0.6) is 0 Å². The van der Waals surface area contributed by atoms with Crippen LogP contribution in [0.25, 0.3) is 0 Å². The zero-order valence-corrected chi connectivity index (χ0v) is 12.3. The molecule has 11 heavy (non-hydrogen) atoms. The summed E-state index contributed by atoms with van der Waals surface area (Å²) < 4.78 is 0. The summed E-state index contributed by atoms with van der Waals surface area (Å²) in [5.74, 6) is 0.741. The van der Waals surface area contributed by atoms with Crippen molar-refractivity contribution in [2.75, 3.05) is 20.6 Å². The van der Waals surface area contributed by atoms with Crippen LogP contribution >= 0.6 is 0 Å².